The normalized spacial score (nSPS) is 37.3. The van der Waals surface area contributed by atoms with Crippen LogP contribution >= 0.6 is 0 Å². The Morgan fingerprint density at radius 1 is 1.20 bits per heavy atom. The van der Waals surface area contributed by atoms with Crippen LogP contribution < -0.4 is 4.74 Å². The van der Waals surface area contributed by atoms with Crippen LogP contribution in [0.4, 0.5) is 0 Å². The minimum absolute atomic E-state index is 0.211. The number of fused-ring (bicyclic) bond motifs is 1. The van der Waals surface area contributed by atoms with Crippen LogP contribution in [-0.2, 0) is 11.8 Å². The van der Waals surface area contributed by atoms with E-state index in [1.807, 2.05) is 0 Å². The first-order valence-corrected chi connectivity index (χ1v) is 9.95. The van der Waals surface area contributed by atoms with Gasteiger partial charge in [0.1, 0.15) is 0 Å². The summed E-state index contributed by atoms with van der Waals surface area (Å²) in [6.07, 6.45) is 8.67. The molecule has 3 fully saturated rings. The van der Waals surface area contributed by atoms with Crippen molar-refractivity contribution in [3.8, 4) is 11.5 Å². The number of nitrogens with zero attached hydrogens (tertiary/aromatic N) is 1. The number of likely N-dealkylation sites (tertiary alicyclic amines) is 1. The molecule has 3 aliphatic carbocycles. The number of ether oxygens (including phenoxy) is 1. The van der Waals surface area contributed by atoms with Crippen molar-refractivity contribution in [3.63, 3.8) is 0 Å². The molecule has 1 aromatic rings. The minimum Gasteiger partial charge on any atom is -0.504 e. The fourth-order valence-electron chi connectivity index (χ4n) is 6.23. The molecule has 1 aliphatic heterocycles. The van der Waals surface area contributed by atoms with Gasteiger partial charge in [-0.15, -0.1) is 0 Å². The van der Waals surface area contributed by atoms with Gasteiger partial charge < -0.3 is 14.9 Å². The SMILES string of the molecule is COc1c(O)ccc2c1[C@@]13CCCC[C@@]1(O)[C@@H](C2)N(CC1CC1)CC3. The van der Waals surface area contributed by atoms with Crippen LogP contribution in [0.25, 0.3) is 0 Å². The quantitative estimate of drug-likeness (QED) is 0.886. The Labute approximate surface area is 149 Å². The molecule has 3 atom stereocenters. The van der Waals surface area contributed by atoms with Crippen molar-refractivity contribution >= 4 is 0 Å². The maximum atomic E-state index is 12.0. The second-order valence-electron chi connectivity index (χ2n) is 8.77. The van der Waals surface area contributed by atoms with E-state index in [0.717, 1.165) is 63.1 Å². The number of aliphatic hydroxyl groups is 1. The Balaban J connectivity index is 1.68. The Kier molecular flexibility index (Phi) is 3.43. The molecule has 0 unspecified atom stereocenters. The topological polar surface area (TPSA) is 52.9 Å². The summed E-state index contributed by atoms with van der Waals surface area (Å²) in [5.41, 5.74) is 1.44. The molecule has 0 radical (unpaired) electrons. The molecule has 0 spiro atoms. The van der Waals surface area contributed by atoms with Gasteiger partial charge in [0.2, 0.25) is 0 Å². The number of phenolic OH excluding ortho intramolecular Hbond substituents is 1. The number of piperidine rings is 1. The van der Waals surface area contributed by atoms with Gasteiger partial charge >= 0.3 is 0 Å². The molecule has 4 nitrogen and oxygen atoms in total. The fourth-order valence-corrected chi connectivity index (χ4v) is 6.23. The molecule has 4 aliphatic rings. The number of hydrogen-bond acceptors (Lipinski definition) is 4. The molecular weight excluding hydrogens is 314 g/mol. The second-order valence-corrected chi connectivity index (χ2v) is 8.77. The van der Waals surface area contributed by atoms with Crippen LogP contribution in [0, 0.1) is 5.92 Å². The third-order valence-electron chi connectivity index (χ3n) is 7.57. The van der Waals surface area contributed by atoms with Gasteiger partial charge in [-0.2, -0.15) is 0 Å². The number of hydrogen-bond donors (Lipinski definition) is 2. The molecule has 1 aromatic carbocycles. The summed E-state index contributed by atoms with van der Waals surface area (Å²) in [5, 5.41) is 22.4. The number of methoxy groups -OCH3 is 1. The van der Waals surface area contributed by atoms with Crippen molar-refractivity contribution in [3.05, 3.63) is 23.3 Å². The highest BCUT2D eigenvalue weighted by Gasteiger charge is 2.64. The molecular formula is C21H29NO3. The first-order chi connectivity index (χ1) is 12.1. The van der Waals surface area contributed by atoms with E-state index in [0.29, 0.717) is 5.75 Å². The predicted octanol–water partition coefficient (Wildman–Crippen LogP) is 2.98. The first-order valence-electron chi connectivity index (χ1n) is 9.95. The van der Waals surface area contributed by atoms with E-state index in [1.54, 1.807) is 13.2 Å². The van der Waals surface area contributed by atoms with Crippen molar-refractivity contribution in [1.29, 1.82) is 0 Å². The standard InChI is InChI=1S/C21H29NO3/c1-25-19-16(23)7-6-15-12-17-21(24)9-3-2-8-20(21,18(15)19)10-11-22(17)13-14-4-5-14/h6-7,14,17,23-24H,2-5,8-13H2,1H3/t17-,20+,21-/m1/s1. The van der Waals surface area contributed by atoms with Gasteiger partial charge in [-0.25, -0.2) is 0 Å². The monoisotopic (exact) mass is 343 g/mol. The summed E-state index contributed by atoms with van der Waals surface area (Å²) in [7, 11) is 1.64. The summed E-state index contributed by atoms with van der Waals surface area (Å²) >= 11 is 0. The van der Waals surface area contributed by atoms with E-state index in [-0.39, 0.29) is 17.2 Å². The molecule has 1 heterocycles. The zero-order valence-corrected chi connectivity index (χ0v) is 15.1. The van der Waals surface area contributed by atoms with E-state index in [2.05, 4.69) is 11.0 Å². The average molecular weight is 343 g/mol. The van der Waals surface area contributed by atoms with Crippen LogP contribution in [0.2, 0.25) is 0 Å². The third-order valence-corrected chi connectivity index (χ3v) is 7.57. The van der Waals surface area contributed by atoms with Gasteiger partial charge in [-0.1, -0.05) is 18.9 Å². The molecule has 0 amide bonds. The lowest BCUT2D eigenvalue weighted by Crippen LogP contribution is -2.72. The average Bonchev–Trinajstić information content (AvgIpc) is 3.41. The molecule has 5 rings (SSSR count). The third kappa shape index (κ3) is 2.07. The molecule has 2 bridgehead atoms. The van der Waals surface area contributed by atoms with E-state index in [1.165, 1.54) is 18.4 Å². The first kappa shape index (κ1) is 16.0. The van der Waals surface area contributed by atoms with Crippen LogP contribution in [0.1, 0.15) is 56.1 Å². The van der Waals surface area contributed by atoms with Gasteiger partial charge in [0.25, 0.3) is 0 Å². The maximum absolute atomic E-state index is 12.0. The highest BCUT2D eigenvalue weighted by atomic mass is 16.5. The van der Waals surface area contributed by atoms with Crippen LogP contribution in [0.3, 0.4) is 0 Å². The Morgan fingerprint density at radius 3 is 2.76 bits per heavy atom. The summed E-state index contributed by atoms with van der Waals surface area (Å²) in [6, 6.07) is 4.04. The van der Waals surface area contributed by atoms with Crippen LogP contribution in [0.15, 0.2) is 12.1 Å². The molecule has 2 N–H and O–H groups in total. The van der Waals surface area contributed by atoms with Gasteiger partial charge in [0, 0.05) is 23.6 Å². The van der Waals surface area contributed by atoms with Gasteiger partial charge in [0.15, 0.2) is 11.5 Å². The van der Waals surface area contributed by atoms with Gasteiger partial charge in [-0.05, 0) is 62.6 Å². The van der Waals surface area contributed by atoms with E-state index >= 15 is 0 Å². The van der Waals surface area contributed by atoms with Crippen molar-refractivity contribution in [2.75, 3.05) is 20.2 Å². The van der Waals surface area contributed by atoms with Crippen molar-refractivity contribution in [1.82, 2.24) is 4.90 Å². The Hall–Kier alpha value is -1.26. The molecule has 1 saturated heterocycles. The molecule has 0 aromatic heterocycles. The summed E-state index contributed by atoms with van der Waals surface area (Å²) in [6.45, 7) is 2.20. The molecule has 25 heavy (non-hydrogen) atoms. The molecule has 2 saturated carbocycles. The fraction of sp³-hybridized carbons (Fsp3) is 0.714. The highest BCUT2D eigenvalue weighted by molar-refractivity contribution is 5.58. The smallest absolute Gasteiger partial charge is 0.164 e. The van der Waals surface area contributed by atoms with E-state index < -0.39 is 5.60 Å². The second kappa shape index (κ2) is 5.37. The number of benzene rings is 1. The molecule has 136 valence electrons. The molecule has 4 heteroatoms. The summed E-state index contributed by atoms with van der Waals surface area (Å²) in [5.74, 6) is 1.66. The van der Waals surface area contributed by atoms with Crippen LogP contribution in [-0.4, -0.2) is 47.0 Å². The maximum Gasteiger partial charge on any atom is 0.164 e. The lowest BCUT2D eigenvalue weighted by Gasteiger charge is -2.64. The zero-order chi connectivity index (χ0) is 17.2. The number of rotatable bonds is 3. The Bertz CT molecular complexity index is 701. The van der Waals surface area contributed by atoms with Gasteiger partial charge in [0.05, 0.1) is 12.7 Å². The highest BCUT2D eigenvalue weighted by Crippen LogP contribution is 2.61. The van der Waals surface area contributed by atoms with Crippen LogP contribution in [0.5, 0.6) is 11.5 Å². The van der Waals surface area contributed by atoms with E-state index in [4.69, 9.17) is 4.74 Å². The predicted molar refractivity (Wildman–Crippen MR) is 96.2 cm³/mol. The van der Waals surface area contributed by atoms with E-state index in [9.17, 15) is 10.2 Å². The Morgan fingerprint density at radius 2 is 2.00 bits per heavy atom. The number of aromatic hydroxyl groups is 1. The van der Waals surface area contributed by atoms with Crippen molar-refractivity contribution in [2.24, 2.45) is 5.92 Å². The lowest BCUT2D eigenvalue weighted by atomic mass is 9.49. The largest absolute Gasteiger partial charge is 0.504 e. The zero-order valence-electron chi connectivity index (χ0n) is 15.1. The summed E-state index contributed by atoms with van der Waals surface area (Å²) in [4.78, 5) is 2.59. The van der Waals surface area contributed by atoms with Crippen molar-refractivity contribution in [2.45, 2.75) is 68.4 Å². The lowest BCUT2D eigenvalue weighted by molar-refractivity contribution is -0.167. The summed E-state index contributed by atoms with van der Waals surface area (Å²) < 4.78 is 5.65. The minimum atomic E-state index is -0.688. The number of phenols is 1. The van der Waals surface area contributed by atoms with Gasteiger partial charge in [-0.3, -0.25) is 4.90 Å². The van der Waals surface area contributed by atoms with Crippen molar-refractivity contribution < 1.29 is 14.9 Å².